The monoisotopic (exact) mass is 416 g/mol. The third kappa shape index (κ3) is 3.07. The molecule has 1 aliphatic heterocycles. The number of aliphatic hydroxyl groups excluding tert-OH is 1. The SMILES string of the molecule is OC(Cc1cc(F)ccc1Br)c1cc(Br)c2c(c1)OCO2. The average Bonchev–Trinajstić information content (AvgIpc) is 2.91. The van der Waals surface area contributed by atoms with E-state index in [0.29, 0.717) is 29.0 Å². The summed E-state index contributed by atoms with van der Waals surface area (Å²) in [5.74, 6) is 0.905. The molecule has 0 fully saturated rings. The van der Waals surface area contributed by atoms with E-state index in [1.807, 2.05) is 0 Å². The topological polar surface area (TPSA) is 38.7 Å². The van der Waals surface area contributed by atoms with Gasteiger partial charge in [-0.2, -0.15) is 0 Å². The quantitative estimate of drug-likeness (QED) is 0.806. The maximum atomic E-state index is 13.3. The zero-order valence-electron chi connectivity index (χ0n) is 10.8. The normalized spacial score (nSPS) is 14.3. The Morgan fingerprint density at radius 1 is 1.14 bits per heavy atom. The van der Waals surface area contributed by atoms with Gasteiger partial charge in [0.2, 0.25) is 6.79 Å². The van der Waals surface area contributed by atoms with Crippen molar-refractivity contribution in [1.29, 1.82) is 0 Å². The van der Waals surface area contributed by atoms with Gasteiger partial charge in [-0.15, -0.1) is 0 Å². The Morgan fingerprint density at radius 2 is 1.95 bits per heavy atom. The van der Waals surface area contributed by atoms with Gasteiger partial charge in [-0.25, -0.2) is 4.39 Å². The standard InChI is InChI=1S/C15H11Br2FO3/c16-11-2-1-10(18)3-8(11)5-13(19)9-4-12(17)15-14(6-9)20-7-21-15/h1-4,6,13,19H,5,7H2. The molecule has 3 nitrogen and oxygen atoms in total. The number of hydrogen-bond acceptors (Lipinski definition) is 3. The van der Waals surface area contributed by atoms with Gasteiger partial charge in [0.05, 0.1) is 10.6 Å². The summed E-state index contributed by atoms with van der Waals surface area (Å²) in [6, 6.07) is 7.94. The van der Waals surface area contributed by atoms with Crippen LogP contribution in [0.1, 0.15) is 17.2 Å². The van der Waals surface area contributed by atoms with E-state index in [1.54, 1.807) is 18.2 Å². The lowest BCUT2D eigenvalue weighted by atomic mass is 10.0. The predicted octanol–water partition coefficient (Wildman–Crippen LogP) is 4.36. The summed E-state index contributed by atoms with van der Waals surface area (Å²) in [7, 11) is 0. The van der Waals surface area contributed by atoms with Crippen LogP contribution in [0.5, 0.6) is 11.5 Å². The zero-order chi connectivity index (χ0) is 15.0. The molecule has 0 aliphatic carbocycles. The highest BCUT2D eigenvalue weighted by atomic mass is 79.9. The molecule has 0 aromatic heterocycles. The Hall–Kier alpha value is -1.11. The molecule has 1 heterocycles. The minimum absolute atomic E-state index is 0.170. The highest BCUT2D eigenvalue weighted by Gasteiger charge is 2.21. The van der Waals surface area contributed by atoms with E-state index in [4.69, 9.17) is 9.47 Å². The van der Waals surface area contributed by atoms with Crippen molar-refractivity contribution < 1.29 is 19.0 Å². The van der Waals surface area contributed by atoms with E-state index < -0.39 is 6.10 Å². The first-order valence-electron chi connectivity index (χ1n) is 6.25. The number of hydrogen-bond donors (Lipinski definition) is 1. The summed E-state index contributed by atoms with van der Waals surface area (Å²) < 4.78 is 25.4. The largest absolute Gasteiger partial charge is 0.454 e. The first-order chi connectivity index (χ1) is 10.0. The molecule has 0 bridgehead atoms. The van der Waals surface area contributed by atoms with E-state index in [9.17, 15) is 9.50 Å². The van der Waals surface area contributed by atoms with Crippen LogP contribution in [-0.2, 0) is 6.42 Å². The van der Waals surface area contributed by atoms with E-state index in [1.165, 1.54) is 12.1 Å². The molecular weight excluding hydrogens is 407 g/mol. The Labute approximate surface area is 137 Å². The molecule has 0 amide bonds. The van der Waals surface area contributed by atoms with Gasteiger partial charge < -0.3 is 14.6 Å². The van der Waals surface area contributed by atoms with Crippen molar-refractivity contribution in [3.63, 3.8) is 0 Å². The molecule has 1 aliphatic rings. The zero-order valence-corrected chi connectivity index (χ0v) is 13.9. The first kappa shape index (κ1) is 14.8. The number of aliphatic hydroxyl groups is 1. The molecule has 0 spiro atoms. The van der Waals surface area contributed by atoms with Crippen LogP contribution in [0, 0.1) is 5.82 Å². The van der Waals surface area contributed by atoms with E-state index in [-0.39, 0.29) is 12.6 Å². The molecule has 1 N–H and O–H groups in total. The molecule has 2 aromatic carbocycles. The predicted molar refractivity (Wildman–Crippen MR) is 83.0 cm³/mol. The summed E-state index contributed by atoms with van der Waals surface area (Å²) in [6.07, 6.45) is -0.473. The van der Waals surface area contributed by atoms with Crippen LogP contribution in [0.15, 0.2) is 39.3 Å². The molecule has 110 valence electrons. The number of fused-ring (bicyclic) bond motifs is 1. The Bertz CT molecular complexity index is 691. The first-order valence-corrected chi connectivity index (χ1v) is 7.84. The van der Waals surface area contributed by atoms with Crippen LogP contribution in [0.4, 0.5) is 4.39 Å². The van der Waals surface area contributed by atoms with E-state index >= 15 is 0 Å². The van der Waals surface area contributed by atoms with Crippen LogP contribution in [0.3, 0.4) is 0 Å². The second-order valence-electron chi connectivity index (χ2n) is 4.69. The second kappa shape index (κ2) is 5.94. The fraction of sp³-hybridized carbons (Fsp3) is 0.200. The third-order valence-electron chi connectivity index (χ3n) is 3.26. The molecule has 0 saturated heterocycles. The minimum atomic E-state index is -0.770. The molecule has 0 radical (unpaired) electrons. The maximum Gasteiger partial charge on any atom is 0.231 e. The van der Waals surface area contributed by atoms with Crippen molar-refractivity contribution in [2.45, 2.75) is 12.5 Å². The highest BCUT2D eigenvalue weighted by Crippen LogP contribution is 2.41. The van der Waals surface area contributed by atoms with Crippen molar-refractivity contribution in [2.24, 2.45) is 0 Å². The molecule has 1 unspecified atom stereocenters. The van der Waals surface area contributed by atoms with Crippen LogP contribution < -0.4 is 9.47 Å². The Morgan fingerprint density at radius 3 is 2.76 bits per heavy atom. The minimum Gasteiger partial charge on any atom is -0.454 e. The maximum absolute atomic E-state index is 13.3. The lowest BCUT2D eigenvalue weighted by Gasteiger charge is -2.14. The summed E-state index contributed by atoms with van der Waals surface area (Å²) >= 11 is 6.76. The fourth-order valence-electron chi connectivity index (χ4n) is 2.21. The molecule has 6 heteroatoms. The van der Waals surface area contributed by atoms with Gasteiger partial charge in [-0.05, 0) is 57.4 Å². The highest BCUT2D eigenvalue weighted by molar-refractivity contribution is 9.10. The van der Waals surface area contributed by atoms with Crippen molar-refractivity contribution >= 4 is 31.9 Å². The van der Waals surface area contributed by atoms with Crippen LogP contribution in [0.2, 0.25) is 0 Å². The van der Waals surface area contributed by atoms with Crippen LogP contribution >= 0.6 is 31.9 Å². The lowest BCUT2D eigenvalue weighted by molar-refractivity contribution is 0.171. The summed E-state index contributed by atoms with van der Waals surface area (Å²) in [5.41, 5.74) is 1.39. The number of rotatable bonds is 3. The number of benzene rings is 2. The molecule has 0 saturated carbocycles. The van der Waals surface area contributed by atoms with Crippen LogP contribution in [-0.4, -0.2) is 11.9 Å². The number of ether oxygens (including phenoxy) is 2. The number of halogens is 3. The average molecular weight is 418 g/mol. The van der Waals surface area contributed by atoms with Crippen molar-refractivity contribution in [1.82, 2.24) is 0 Å². The van der Waals surface area contributed by atoms with Gasteiger partial charge in [0.25, 0.3) is 0 Å². The fourth-order valence-corrected chi connectivity index (χ4v) is 3.19. The third-order valence-corrected chi connectivity index (χ3v) is 4.62. The van der Waals surface area contributed by atoms with Gasteiger partial charge >= 0.3 is 0 Å². The van der Waals surface area contributed by atoms with Crippen LogP contribution in [0.25, 0.3) is 0 Å². The Balaban J connectivity index is 1.87. The smallest absolute Gasteiger partial charge is 0.231 e. The Kier molecular flexibility index (Phi) is 4.19. The molecule has 3 rings (SSSR count). The van der Waals surface area contributed by atoms with E-state index in [0.717, 1.165) is 8.95 Å². The lowest BCUT2D eigenvalue weighted by Crippen LogP contribution is -2.03. The van der Waals surface area contributed by atoms with Crippen molar-refractivity contribution in [3.8, 4) is 11.5 Å². The summed E-state index contributed by atoms with van der Waals surface area (Å²) in [4.78, 5) is 0. The summed E-state index contributed by atoms with van der Waals surface area (Å²) in [6.45, 7) is 0.170. The van der Waals surface area contributed by atoms with Gasteiger partial charge in [0, 0.05) is 10.9 Å². The molecule has 2 aromatic rings. The van der Waals surface area contributed by atoms with Gasteiger partial charge in [-0.1, -0.05) is 15.9 Å². The summed E-state index contributed by atoms with van der Waals surface area (Å²) in [5, 5.41) is 10.4. The molecule has 21 heavy (non-hydrogen) atoms. The van der Waals surface area contributed by atoms with E-state index in [2.05, 4.69) is 31.9 Å². The molecule has 1 atom stereocenters. The van der Waals surface area contributed by atoms with Crippen molar-refractivity contribution in [2.75, 3.05) is 6.79 Å². The van der Waals surface area contributed by atoms with Gasteiger partial charge in [0.1, 0.15) is 5.82 Å². The van der Waals surface area contributed by atoms with Gasteiger partial charge in [-0.3, -0.25) is 0 Å². The van der Waals surface area contributed by atoms with Gasteiger partial charge in [0.15, 0.2) is 11.5 Å². The molecular formula is C15H11Br2FO3. The van der Waals surface area contributed by atoms with Crippen molar-refractivity contribution in [3.05, 3.63) is 56.2 Å². The second-order valence-corrected chi connectivity index (χ2v) is 6.40.